The normalized spacial score (nSPS) is 14.1. The third kappa shape index (κ3) is 5.03. The maximum Gasteiger partial charge on any atom is 0.240 e. The fourth-order valence-corrected chi connectivity index (χ4v) is 4.89. The molecular formula is C23H26N4O3S. The Bertz CT molecular complexity index is 1230. The molecule has 162 valence electrons. The number of rotatable bonds is 6. The van der Waals surface area contributed by atoms with E-state index in [0.29, 0.717) is 31.5 Å². The van der Waals surface area contributed by atoms with Crippen LogP contribution in [0.15, 0.2) is 53.4 Å². The Morgan fingerprint density at radius 1 is 1.06 bits per heavy atom. The van der Waals surface area contributed by atoms with Gasteiger partial charge in [-0.1, -0.05) is 24.3 Å². The Labute approximate surface area is 182 Å². The first-order chi connectivity index (χ1) is 14.8. The molecule has 0 saturated heterocycles. The summed E-state index contributed by atoms with van der Waals surface area (Å²) in [6.07, 6.45) is 1.83. The standard InChI is InChI=1S/C23H26N4O3S/c1-16-11-17(2)27(26-16)15-19-6-3-5-18(12-19)14-24-31(29,30)21-9-10-22-20(13-21)7-4-8-23(28)25-22/h3,5-6,9-13,24H,4,7-8,14-15H2,1-2H3,(H,25,28). The summed E-state index contributed by atoms with van der Waals surface area (Å²) in [5.41, 5.74) is 5.54. The SMILES string of the molecule is Cc1cc(C)n(Cc2cccc(CNS(=O)(=O)c3ccc4c(c3)CCCC(=O)N4)c2)n1. The third-order valence-electron chi connectivity index (χ3n) is 5.40. The van der Waals surface area contributed by atoms with E-state index in [4.69, 9.17) is 0 Å². The highest BCUT2D eigenvalue weighted by Crippen LogP contribution is 2.25. The number of aromatic nitrogens is 2. The molecule has 0 spiro atoms. The van der Waals surface area contributed by atoms with Gasteiger partial charge < -0.3 is 5.32 Å². The predicted octanol–water partition coefficient (Wildman–Crippen LogP) is 3.30. The van der Waals surface area contributed by atoms with Crippen LogP contribution < -0.4 is 10.0 Å². The topological polar surface area (TPSA) is 93.1 Å². The van der Waals surface area contributed by atoms with Crippen molar-refractivity contribution < 1.29 is 13.2 Å². The molecule has 0 saturated carbocycles. The molecule has 0 aliphatic carbocycles. The Balaban J connectivity index is 1.47. The molecule has 0 atom stereocenters. The van der Waals surface area contributed by atoms with E-state index in [9.17, 15) is 13.2 Å². The first-order valence-corrected chi connectivity index (χ1v) is 11.8. The van der Waals surface area contributed by atoms with Crippen LogP contribution in [-0.2, 0) is 34.3 Å². The molecule has 2 aromatic carbocycles. The largest absolute Gasteiger partial charge is 0.326 e. The van der Waals surface area contributed by atoms with E-state index in [1.54, 1.807) is 12.1 Å². The van der Waals surface area contributed by atoms with E-state index in [2.05, 4.69) is 15.1 Å². The fraction of sp³-hybridized carbons (Fsp3) is 0.304. The van der Waals surface area contributed by atoms with Gasteiger partial charge in [0.2, 0.25) is 15.9 Å². The minimum atomic E-state index is -3.67. The lowest BCUT2D eigenvalue weighted by atomic mass is 10.1. The summed E-state index contributed by atoms with van der Waals surface area (Å²) in [7, 11) is -3.67. The van der Waals surface area contributed by atoms with Crippen LogP contribution in [0.25, 0.3) is 0 Å². The third-order valence-corrected chi connectivity index (χ3v) is 6.80. The number of carbonyl (C=O) groups is 1. The second-order valence-electron chi connectivity index (χ2n) is 7.95. The summed E-state index contributed by atoms with van der Waals surface area (Å²) >= 11 is 0. The van der Waals surface area contributed by atoms with Gasteiger partial charge in [-0.25, -0.2) is 13.1 Å². The first kappa shape index (κ1) is 21.3. The lowest BCUT2D eigenvalue weighted by molar-refractivity contribution is -0.116. The summed E-state index contributed by atoms with van der Waals surface area (Å²) in [5, 5.41) is 7.31. The molecule has 0 radical (unpaired) electrons. The first-order valence-electron chi connectivity index (χ1n) is 10.3. The van der Waals surface area contributed by atoms with Gasteiger partial charge in [-0.15, -0.1) is 0 Å². The predicted molar refractivity (Wildman–Crippen MR) is 119 cm³/mol. The zero-order valence-corrected chi connectivity index (χ0v) is 18.5. The van der Waals surface area contributed by atoms with E-state index >= 15 is 0 Å². The van der Waals surface area contributed by atoms with Crippen molar-refractivity contribution in [1.82, 2.24) is 14.5 Å². The number of benzene rings is 2. The number of anilines is 1. The van der Waals surface area contributed by atoms with Crippen molar-refractivity contribution in [1.29, 1.82) is 0 Å². The van der Waals surface area contributed by atoms with Gasteiger partial charge in [-0.05, 0) is 67.6 Å². The van der Waals surface area contributed by atoms with Crippen LogP contribution in [0.1, 0.15) is 40.9 Å². The Morgan fingerprint density at radius 2 is 1.87 bits per heavy atom. The average Bonchev–Trinajstić information content (AvgIpc) is 2.92. The summed E-state index contributed by atoms with van der Waals surface area (Å²) < 4.78 is 30.3. The van der Waals surface area contributed by atoms with Crippen molar-refractivity contribution in [2.75, 3.05) is 5.32 Å². The number of hydrogen-bond donors (Lipinski definition) is 2. The van der Waals surface area contributed by atoms with E-state index in [1.807, 2.05) is 48.9 Å². The molecule has 1 amide bonds. The van der Waals surface area contributed by atoms with Gasteiger partial charge >= 0.3 is 0 Å². The van der Waals surface area contributed by atoms with Crippen molar-refractivity contribution in [3.63, 3.8) is 0 Å². The molecule has 31 heavy (non-hydrogen) atoms. The number of nitrogens with one attached hydrogen (secondary N) is 2. The Morgan fingerprint density at radius 3 is 2.65 bits per heavy atom. The smallest absolute Gasteiger partial charge is 0.240 e. The van der Waals surface area contributed by atoms with Crippen LogP contribution in [0.2, 0.25) is 0 Å². The van der Waals surface area contributed by atoms with Crippen molar-refractivity contribution in [2.24, 2.45) is 0 Å². The zero-order valence-electron chi connectivity index (χ0n) is 17.7. The van der Waals surface area contributed by atoms with Crippen molar-refractivity contribution in [2.45, 2.75) is 51.1 Å². The summed E-state index contributed by atoms with van der Waals surface area (Å²) in [5.74, 6) is -0.0344. The minimum absolute atomic E-state index is 0.0344. The van der Waals surface area contributed by atoms with Crippen LogP contribution in [0.5, 0.6) is 0 Å². The van der Waals surface area contributed by atoms with Gasteiger partial charge in [0.05, 0.1) is 17.1 Å². The fourth-order valence-electron chi connectivity index (χ4n) is 3.83. The van der Waals surface area contributed by atoms with Crippen molar-refractivity contribution in [3.05, 3.63) is 76.6 Å². The van der Waals surface area contributed by atoms with Gasteiger partial charge in [0, 0.05) is 24.3 Å². The second kappa shape index (κ2) is 8.64. The molecule has 3 aromatic rings. The number of hydrogen-bond acceptors (Lipinski definition) is 4. The number of sulfonamides is 1. The molecule has 2 heterocycles. The molecule has 2 N–H and O–H groups in total. The second-order valence-corrected chi connectivity index (χ2v) is 9.72. The molecular weight excluding hydrogens is 412 g/mol. The molecule has 7 nitrogen and oxygen atoms in total. The van der Waals surface area contributed by atoms with Gasteiger partial charge in [-0.3, -0.25) is 9.48 Å². The number of aryl methyl sites for hydroxylation is 3. The molecule has 1 aliphatic heterocycles. The van der Waals surface area contributed by atoms with E-state index in [0.717, 1.165) is 28.1 Å². The van der Waals surface area contributed by atoms with Gasteiger partial charge in [0.25, 0.3) is 0 Å². The Hall–Kier alpha value is -2.97. The van der Waals surface area contributed by atoms with Crippen molar-refractivity contribution in [3.8, 4) is 0 Å². The van der Waals surface area contributed by atoms with Crippen LogP contribution >= 0.6 is 0 Å². The van der Waals surface area contributed by atoms with Gasteiger partial charge in [-0.2, -0.15) is 5.10 Å². The van der Waals surface area contributed by atoms with Gasteiger partial charge in [0.1, 0.15) is 0 Å². The van der Waals surface area contributed by atoms with Crippen LogP contribution in [0.3, 0.4) is 0 Å². The molecule has 8 heteroatoms. The van der Waals surface area contributed by atoms with E-state index < -0.39 is 10.0 Å². The zero-order chi connectivity index (χ0) is 22.0. The highest BCUT2D eigenvalue weighted by atomic mass is 32.2. The quantitative estimate of drug-likeness (QED) is 0.618. The molecule has 4 rings (SSSR count). The van der Waals surface area contributed by atoms with Crippen LogP contribution in [0.4, 0.5) is 5.69 Å². The molecule has 0 fully saturated rings. The van der Waals surface area contributed by atoms with Crippen LogP contribution in [0, 0.1) is 13.8 Å². The summed E-state index contributed by atoms with van der Waals surface area (Å²) in [6, 6.07) is 14.7. The van der Waals surface area contributed by atoms with Gasteiger partial charge in [0.15, 0.2) is 0 Å². The molecule has 1 aromatic heterocycles. The average molecular weight is 439 g/mol. The van der Waals surface area contributed by atoms with Crippen molar-refractivity contribution >= 4 is 21.6 Å². The minimum Gasteiger partial charge on any atom is -0.326 e. The highest BCUT2D eigenvalue weighted by molar-refractivity contribution is 7.89. The summed E-state index contributed by atoms with van der Waals surface area (Å²) in [4.78, 5) is 11.9. The molecule has 1 aliphatic rings. The maximum atomic E-state index is 12.9. The molecule has 0 bridgehead atoms. The number of amides is 1. The Kier molecular flexibility index (Phi) is 5.93. The van der Waals surface area contributed by atoms with Crippen LogP contribution in [-0.4, -0.2) is 24.1 Å². The number of fused-ring (bicyclic) bond motifs is 1. The maximum absolute atomic E-state index is 12.9. The van der Waals surface area contributed by atoms with E-state index in [-0.39, 0.29) is 17.3 Å². The molecule has 0 unspecified atom stereocenters. The lowest BCUT2D eigenvalue weighted by Crippen LogP contribution is -2.23. The number of nitrogens with zero attached hydrogens (tertiary/aromatic N) is 2. The van der Waals surface area contributed by atoms with E-state index in [1.165, 1.54) is 6.07 Å². The monoisotopic (exact) mass is 438 g/mol. The summed E-state index contributed by atoms with van der Waals surface area (Å²) in [6.45, 7) is 4.81. The highest BCUT2D eigenvalue weighted by Gasteiger charge is 2.19. The lowest BCUT2D eigenvalue weighted by Gasteiger charge is -2.12. The number of carbonyl (C=O) groups excluding carboxylic acids is 1.